The molecule has 1 atom stereocenters. The highest BCUT2D eigenvalue weighted by atomic mass is 19.4. The normalized spacial score (nSPS) is 16.1. The fourth-order valence-electron chi connectivity index (χ4n) is 2.81. The predicted octanol–water partition coefficient (Wildman–Crippen LogP) is 2.82. The molecule has 15 heteroatoms. The molecule has 0 saturated carbocycles. The molecule has 34 heavy (non-hydrogen) atoms. The molecule has 0 spiro atoms. The summed E-state index contributed by atoms with van der Waals surface area (Å²) in [5.41, 5.74) is 1.10. The smallest absolute Gasteiger partial charge is 0.475 e. The van der Waals surface area contributed by atoms with Gasteiger partial charge in [-0.2, -0.15) is 26.3 Å². The maximum Gasteiger partial charge on any atom is 0.490 e. The van der Waals surface area contributed by atoms with Gasteiger partial charge in [0.15, 0.2) is 0 Å². The summed E-state index contributed by atoms with van der Waals surface area (Å²) in [6.45, 7) is 4.48. The highest BCUT2D eigenvalue weighted by molar-refractivity contribution is 5.73. The predicted molar refractivity (Wildman–Crippen MR) is 103 cm³/mol. The first kappa shape index (κ1) is 28.8. The lowest BCUT2D eigenvalue weighted by Crippen LogP contribution is -2.30. The van der Waals surface area contributed by atoms with E-state index in [0.717, 1.165) is 44.3 Å². The maximum atomic E-state index is 10.6. The Kier molecular flexibility index (Phi) is 10.9. The summed E-state index contributed by atoms with van der Waals surface area (Å²) >= 11 is 0. The Morgan fingerprint density at radius 1 is 1.03 bits per heavy atom. The molecule has 9 nitrogen and oxygen atoms in total. The summed E-state index contributed by atoms with van der Waals surface area (Å²) in [4.78, 5) is 29.1. The van der Waals surface area contributed by atoms with Crippen LogP contribution in [0.25, 0.3) is 0 Å². The van der Waals surface area contributed by atoms with Gasteiger partial charge in [0, 0.05) is 51.3 Å². The van der Waals surface area contributed by atoms with Crippen LogP contribution in [-0.2, 0) is 34.0 Å². The van der Waals surface area contributed by atoms with Gasteiger partial charge in [-0.1, -0.05) is 6.07 Å². The summed E-state index contributed by atoms with van der Waals surface area (Å²) in [5.74, 6) is -3.90. The zero-order chi connectivity index (χ0) is 25.9. The number of alkyl halides is 6. The van der Waals surface area contributed by atoms with Gasteiger partial charge < -0.3 is 19.5 Å². The number of aliphatic carboxylic acids is 2. The summed E-state index contributed by atoms with van der Waals surface area (Å²) in [6, 6.07) is 6.06. The zero-order valence-corrected chi connectivity index (χ0v) is 17.8. The van der Waals surface area contributed by atoms with E-state index in [-0.39, 0.29) is 0 Å². The van der Waals surface area contributed by atoms with Crippen molar-refractivity contribution in [1.82, 2.24) is 19.4 Å². The van der Waals surface area contributed by atoms with Crippen molar-refractivity contribution in [1.29, 1.82) is 0 Å². The average Bonchev–Trinajstić information content (AvgIpc) is 3.08. The van der Waals surface area contributed by atoms with Gasteiger partial charge in [0.25, 0.3) is 0 Å². The number of pyridine rings is 1. The van der Waals surface area contributed by atoms with Crippen molar-refractivity contribution in [3.05, 3.63) is 48.3 Å². The van der Waals surface area contributed by atoms with Gasteiger partial charge in [0.2, 0.25) is 0 Å². The molecule has 0 radical (unpaired) electrons. The molecule has 1 aliphatic heterocycles. The Hall–Kier alpha value is -3.20. The molecular formula is C19H22F6N4O5. The van der Waals surface area contributed by atoms with Crippen molar-refractivity contribution in [2.24, 2.45) is 5.92 Å². The fraction of sp³-hybridized carbons (Fsp3) is 0.474. The van der Waals surface area contributed by atoms with Crippen molar-refractivity contribution in [3.8, 4) is 0 Å². The Morgan fingerprint density at radius 3 is 2.09 bits per heavy atom. The Bertz CT molecular complexity index is 881. The lowest BCUT2D eigenvalue weighted by molar-refractivity contribution is -0.193. The second-order valence-corrected chi connectivity index (χ2v) is 6.91. The number of rotatable bonds is 4. The van der Waals surface area contributed by atoms with E-state index in [1.165, 1.54) is 0 Å². The molecule has 1 aliphatic rings. The topological polar surface area (TPSA) is 118 Å². The molecule has 0 amide bonds. The van der Waals surface area contributed by atoms with Crippen LogP contribution < -0.4 is 0 Å². The Balaban J connectivity index is 0.000000343. The van der Waals surface area contributed by atoms with Crippen LogP contribution in [0.3, 0.4) is 0 Å². The van der Waals surface area contributed by atoms with E-state index in [0.29, 0.717) is 5.92 Å². The van der Waals surface area contributed by atoms with Crippen molar-refractivity contribution >= 4 is 11.9 Å². The summed E-state index contributed by atoms with van der Waals surface area (Å²) in [7, 11) is 1.77. The lowest BCUT2D eigenvalue weighted by atomic mass is 10.1. The highest BCUT2D eigenvalue weighted by Gasteiger charge is 2.38. The van der Waals surface area contributed by atoms with Crippen LogP contribution in [0.5, 0.6) is 0 Å². The van der Waals surface area contributed by atoms with Gasteiger partial charge in [0.05, 0.1) is 18.8 Å². The number of ether oxygens (including phenoxy) is 1. The van der Waals surface area contributed by atoms with Gasteiger partial charge in [-0.15, -0.1) is 0 Å². The third-order valence-corrected chi connectivity index (χ3v) is 4.14. The minimum atomic E-state index is -5.08. The van der Waals surface area contributed by atoms with E-state index in [9.17, 15) is 26.3 Å². The molecule has 0 aliphatic carbocycles. The lowest BCUT2D eigenvalue weighted by Gasteiger charge is -2.22. The minimum Gasteiger partial charge on any atom is -0.475 e. The number of imidazole rings is 1. The first-order chi connectivity index (χ1) is 15.7. The van der Waals surface area contributed by atoms with E-state index in [2.05, 4.69) is 31.7 Å². The first-order valence-corrected chi connectivity index (χ1v) is 9.45. The Labute approximate surface area is 189 Å². The molecule has 3 heterocycles. The highest BCUT2D eigenvalue weighted by Crippen LogP contribution is 2.17. The van der Waals surface area contributed by atoms with E-state index < -0.39 is 24.3 Å². The van der Waals surface area contributed by atoms with E-state index in [1.807, 2.05) is 24.5 Å². The van der Waals surface area contributed by atoms with Crippen LogP contribution in [-0.4, -0.2) is 74.2 Å². The molecule has 2 aromatic heterocycles. The molecule has 0 saturated heterocycles. The minimum absolute atomic E-state index is 0.485. The van der Waals surface area contributed by atoms with E-state index in [4.69, 9.17) is 24.5 Å². The number of carbonyl (C=O) groups is 2. The van der Waals surface area contributed by atoms with Crippen molar-refractivity contribution in [3.63, 3.8) is 0 Å². The first-order valence-electron chi connectivity index (χ1n) is 9.45. The third kappa shape index (κ3) is 10.6. The van der Waals surface area contributed by atoms with Gasteiger partial charge in [0.1, 0.15) is 5.82 Å². The number of halogens is 6. The standard InChI is InChI=1S/C15H20N4O.2C2HF3O2/c1-20-12-13-8-18(10-14-4-2-3-5-16-14)11-15-17-6-7-19(15)9-13;2*3-2(4,5)1(6)7/h2-7,13H,8-12H2,1H3;2*(H,6,7). The number of carboxylic acids is 2. The number of fused-ring (bicyclic) bond motifs is 1. The second-order valence-electron chi connectivity index (χ2n) is 6.91. The molecule has 2 aromatic rings. The van der Waals surface area contributed by atoms with Gasteiger partial charge in [-0.25, -0.2) is 14.6 Å². The van der Waals surface area contributed by atoms with Crippen LogP contribution in [0.4, 0.5) is 26.3 Å². The van der Waals surface area contributed by atoms with Crippen LogP contribution in [0.2, 0.25) is 0 Å². The molecule has 1 unspecified atom stereocenters. The largest absolute Gasteiger partial charge is 0.490 e. The van der Waals surface area contributed by atoms with E-state index in [1.54, 1.807) is 7.11 Å². The number of aromatic nitrogens is 3. The Morgan fingerprint density at radius 2 is 1.62 bits per heavy atom. The summed E-state index contributed by atoms with van der Waals surface area (Å²) in [5, 5.41) is 14.2. The van der Waals surface area contributed by atoms with Crippen molar-refractivity contribution in [2.75, 3.05) is 20.3 Å². The molecule has 190 valence electrons. The van der Waals surface area contributed by atoms with E-state index >= 15 is 0 Å². The monoisotopic (exact) mass is 500 g/mol. The average molecular weight is 500 g/mol. The molecular weight excluding hydrogens is 478 g/mol. The number of hydrogen-bond acceptors (Lipinski definition) is 6. The maximum absolute atomic E-state index is 10.6. The summed E-state index contributed by atoms with van der Waals surface area (Å²) < 4.78 is 71.1. The second kappa shape index (κ2) is 12.9. The third-order valence-electron chi connectivity index (χ3n) is 4.14. The molecule has 0 bridgehead atoms. The van der Waals surface area contributed by atoms with Crippen LogP contribution >= 0.6 is 0 Å². The van der Waals surface area contributed by atoms with Crippen molar-refractivity contribution in [2.45, 2.75) is 32.0 Å². The molecule has 0 fully saturated rings. The number of methoxy groups -OCH3 is 1. The van der Waals surface area contributed by atoms with Gasteiger partial charge >= 0.3 is 24.3 Å². The van der Waals surface area contributed by atoms with Crippen LogP contribution in [0, 0.1) is 5.92 Å². The molecule has 2 N–H and O–H groups in total. The zero-order valence-electron chi connectivity index (χ0n) is 17.8. The van der Waals surface area contributed by atoms with Gasteiger partial charge in [-0.05, 0) is 12.1 Å². The SMILES string of the molecule is COCC1CN(Cc2ccccn2)Cc2nccn2C1.O=C(O)C(F)(F)F.O=C(O)C(F)(F)F. The number of hydrogen-bond donors (Lipinski definition) is 2. The number of nitrogens with zero attached hydrogens (tertiary/aromatic N) is 4. The fourth-order valence-corrected chi connectivity index (χ4v) is 2.81. The van der Waals surface area contributed by atoms with Crippen LogP contribution in [0.15, 0.2) is 36.8 Å². The summed E-state index contributed by atoms with van der Waals surface area (Å²) in [6.07, 6.45) is -4.38. The molecule has 0 aromatic carbocycles. The number of carboxylic acid groups (broad SMARTS) is 2. The van der Waals surface area contributed by atoms with Crippen molar-refractivity contribution < 1.29 is 50.9 Å². The molecule has 3 rings (SSSR count). The van der Waals surface area contributed by atoms with Crippen LogP contribution in [0.1, 0.15) is 11.5 Å². The quantitative estimate of drug-likeness (QED) is 0.616. The van der Waals surface area contributed by atoms with Gasteiger partial charge in [-0.3, -0.25) is 9.88 Å².